The molecule has 21 heavy (non-hydrogen) atoms. The van der Waals surface area contributed by atoms with Gasteiger partial charge in [0.05, 0.1) is 65.1 Å². The molecular weight excluding hydrogens is 276 g/mol. The van der Waals surface area contributed by atoms with Crippen molar-refractivity contribution in [1.82, 2.24) is 0 Å². The van der Waals surface area contributed by atoms with Crippen LogP contribution < -0.4 is 0 Å². The Bertz CT molecular complexity index is 214. The lowest BCUT2D eigenvalue weighted by Crippen LogP contribution is -2.34. The van der Waals surface area contributed by atoms with E-state index in [-0.39, 0.29) is 13.2 Å². The summed E-state index contributed by atoms with van der Waals surface area (Å²) in [5.74, 6) is 0. The van der Waals surface area contributed by atoms with Crippen molar-refractivity contribution in [3.8, 4) is 0 Å². The van der Waals surface area contributed by atoms with E-state index in [1.807, 2.05) is 6.92 Å². The van der Waals surface area contributed by atoms with E-state index < -0.39 is 5.60 Å². The van der Waals surface area contributed by atoms with Gasteiger partial charge in [-0.05, 0) is 13.3 Å². The maximum Gasteiger partial charge on any atom is 0.0885 e. The maximum absolute atomic E-state index is 9.36. The van der Waals surface area contributed by atoms with E-state index in [1.54, 1.807) is 0 Å². The zero-order valence-corrected chi connectivity index (χ0v) is 13.5. The monoisotopic (exact) mass is 308 g/mol. The molecule has 0 bridgehead atoms. The van der Waals surface area contributed by atoms with Crippen LogP contribution in [-0.2, 0) is 18.9 Å². The zero-order chi connectivity index (χ0) is 15.8. The minimum absolute atomic E-state index is 0.0317. The molecule has 2 N–H and O–H groups in total. The molecule has 0 aromatic rings. The quantitative estimate of drug-likeness (QED) is 0.414. The van der Waals surface area contributed by atoms with Gasteiger partial charge < -0.3 is 29.2 Å². The molecule has 1 atom stereocenters. The Morgan fingerprint density at radius 2 is 1.33 bits per heavy atom. The highest BCUT2D eigenvalue weighted by Crippen LogP contribution is 2.17. The number of hydrogen-bond donors (Lipinski definition) is 2. The molecule has 6 heteroatoms. The second-order valence-electron chi connectivity index (χ2n) is 5.12. The van der Waals surface area contributed by atoms with Crippen LogP contribution in [0.1, 0.15) is 33.1 Å². The SMILES string of the molecule is CCCCC(C)(CO)OCCOCCOCCOCCO. The molecule has 128 valence electrons. The summed E-state index contributed by atoms with van der Waals surface area (Å²) in [5, 5.41) is 17.9. The molecule has 0 rings (SSSR count). The average molecular weight is 308 g/mol. The lowest BCUT2D eigenvalue weighted by molar-refractivity contribution is -0.0923. The lowest BCUT2D eigenvalue weighted by atomic mass is 10.00. The van der Waals surface area contributed by atoms with Gasteiger partial charge in [-0.3, -0.25) is 0 Å². The van der Waals surface area contributed by atoms with Crippen LogP contribution in [0.4, 0.5) is 0 Å². The highest BCUT2D eigenvalue weighted by atomic mass is 16.6. The van der Waals surface area contributed by atoms with Crippen molar-refractivity contribution in [2.75, 3.05) is 59.5 Å². The minimum atomic E-state index is -0.458. The summed E-state index contributed by atoms with van der Waals surface area (Å²) in [4.78, 5) is 0. The molecule has 0 aromatic heterocycles. The molecule has 0 saturated carbocycles. The molecule has 0 heterocycles. The van der Waals surface area contributed by atoms with Gasteiger partial charge in [0.1, 0.15) is 0 Å². The standard InChI is InChI=1S/C15H32O6/c1-3-4-5-15(2,14-17)21-13-12-20-11-10-19-9-8-18-7-6-16/h16-17H,3-14H2,1-2H3. The number of aliphatic hydroxyl groups is 2. The number of unbranched alkanes of at least 4 members (excludes halogenated alkanes) is 1. The molecular formula is C15H32O6. The van der Waals surface area contributed by atoms with Gasteiger partial charge in [0.25, 0.3) is 0 Å². The smallest absolute Gasteiger partial charge is 0.0885 e. The summed E-state index contributed by atoms with van der Waals surface area (Å²) < 4.78 is 21.4. The summed E-state index contributed by atoms with van der Waals surface area (Å²) in [6.45, 7) is 7.43. The van der Waals surface area contributed by atoms with Crippen molar-refractivity contribution in [2.45, 2.75) is 38.7 Å². The molecule has 0 amide bonds. The zero-order valence-electron chi connectivity index (χ0n) is 13.5. The largest absolute Gasteiger partial charge is 0.394 e. The normalized spacial score (nSPS) is 14.3. The topological polar surface area (TPSA) is 77.4 Å². The molecule has 0 radical (unpaired) electrons. The van der Waals surface area contributed by atoms with E-state index >= 15 is 0 Å². The van der Waals surface area contributed by atoms with Gasteiger partial charge in [0.15, 0.2) is 0 Å². The van der Waals surface area contributed by atoms with Crippen LogP contribution in [0.15, 0.2) is 0 Å². The average Bonchev–Trinajstić information content (AvgIpc) is 2.50. The fourth-order valence-electron chi connectivity index (χ4n) is 1.70. The third-order valence-corrected chi connectivity index (χ3v) is 3.05. The number of hydrogen-bond acceptors (Lipinski definition) is 6. The second kappa shape index (κ2) is 14.7. The van der Waals surface area contributed by atoms with E-state index in [0.29, 0.717) is 46.2 Å². The first-order chi connectivity index (χ1) is 10.2. The van der Waals surface area contributed by atoms with Gasteiger partial charge in [-0.1, -0.05) is 19.8 Å². The van der Waals surface area contributed by atoms with Crippen molar-refractivity contribution in [2.24, 2.45) is 0 Å². The van der Waals surface area contributed by atoms with Gasteiger partial charge in [-0.25, -0.2) is 0 Å². The number of rotatable bonds is 16. The van der Waals surface area contributed by atoms with Crippen LogP contribution in [0.2, 0.25) is 0 Å². The van der Waals surface area contributed by atoms with Gasteiger partial charge >= 0.3 is 0 Å². The van der Waals surface area contributed by atoms with Crippen LogP contribution in [0.25, 0.3) is 0 Å². The first-order valence-electron chi connectivity index (χ1n) is 7.77. The molecule has 1 unspecified atom stereocenters. The Labute approximate surface area is 128 Å². The molecule has 0 spiro atoms. The van der Waals surface area contributed by atoms with Crippen LogP contribution in [0.5, 0.6) is 0 Å². The number of ether oxygens (including phenoxy) is 4. The van der Waals surface area contributed by atoms with Crippen molar-refractivity contribution in [3.63, 3.8) is 0 Å². The second-order valence-corrected chi connectivity index (χ2v) is 5.12. The number of aliphatic hydroxyl groups excluding tert-OH is 2. The van der Waals surface area contributed by atoms with Crippen molar-refractivity contribution in [3.05, 3.63) is 0 Å². The first-order valence-corrected chi connectivity index (χ1v) is 7.77. The Morgan fingerprint density at radius 1 is 0.810 bits per heavy atom. The fraction of sp³-hybridized carbons (Fsp3) is 1.00. The van der Waals surface area contributed by atoms with Crippen molar-refractivity contribution in [1.29, 1.82) is 0 Å². The summed E-state index contributed by atoms with van der Waals surface area (Å²) >= 11 is 0. The van der Waals surface area contributed by atoms with E-state index in [2.05, 4.69) is 6.92 Å². The molecule has 6 nitrogen and oxygen atoms in total. The Hall–Kier alpha value is -0.240. The highest BCUT2D eigenvalue weighted by Gasteiger charge is 2.22. The van der Waals surface area contributed by atoms with Crippen LogP contribution >= 0.6 is 0 Å². The summed E-state index contributed by atoms with van der Waals surface area (Å²) in [6.07, 6.45) is 3.00. The molecule has 0 aliphatic heterocycles. The van der Waals surface area contributed by atoms with E-state index in [0.717, 1.165) is 19.3 Å². The predicted octanol–water partition coefficient (Wildman–Crippen LogP) is 0.986. The van der Waals surface area contributed by atoms with Crippen molar-refractivity contribution < 1.29 is 29.2 Å². The Balaban J connectivity index is 3.34. The Morgan fingerprint density at radius 3 is 1.81 bits per heavy atom. The third kappa shape index (κ3) is 13.2. The van der Waals surface area contributed by atoms with Crippen LogP contribution in [0.3, 0.4) is 0 Å². The minimum Gasteiger partial charge on any atom is -0.394 e. The van der Waals surface area contributed by atoms with E-state index in [9.17, 15) is 5.11 Å². The Kier molecular flexibility index (Phi) is 14.5. The molecule has 0 aliphatic rings. The van der Waals surface area contributed by atoms with Gasteiger partial charge in [-0.15, -0.1) is 0 Å². The molecule has 0 fully saturated rings. The summed E-state index contributed by atoms with van der Waals surface area (Å²) in [6, 6.07) is 0. The third-order valence-electron chi connectivity index (χ3n) is 3.05. The summed E-state index contributed by atoms with van der Waals surface area (Å²) in [5.41, 5.74) is -0.458. The molecule has 0 aliphatic carbocycles. The molecule has 0 saturated heterocycles. The van der Waals surface area contributed by atoms with Gasteiger partial charge in [-0.2, -0.15) is 0 Å². The van der Waals surface area contributed by atoms with Crippen molar-refractivity contribution >= 4 is 0 Å². The molecule has 0 aromatic carbocycles. The first kappa shape index (κ1) is 20.8. The lowest BCUT2D eigenvalue weighted by Gasteiger charge is -2.27. The van der Waals surface area contributed by atoms with Gasteiger partial charge in [0.2, 0.25) is 0 Å². The highest BCUT2D eigenvalue weighted by molar-refractivity contribution is 4.73. The van der Waals surface area contributed by atoms with Gasteiger partial charge in [0, 0.05) is 0 Å². The summed E-state index contributed by atoms with van der Waals surface area (Å²) in [7, 11) is 0. The maximum atomic E-state index is 9.36. The van der Waals surface area contributed by atoms with E-state index in [1.165, 1.54) is 0 Å². The predicted molar refractivity (Wildman–Crippen MR) is 80.5 cm³/mol. The fourth-order valence-corrected chi connectivity index (χ4v) is 1.70. The van der Waals surface area contributed by atoms with E-state index in [4.69, 9.17) is 24.1 Å². The van der Waals surface area contributed by atoms with Crippen LogP contribution in [0, 0.1) is 0 Å². The van der Waals surface area contributed by atoms with Crippen LogP contribution in [-0.4, -0.2) is 75.3 Å².